The van der Waals surface area contributed by atoms with E-state index < -0.39 is 0 Å². The number of hydrogen-bond acceptors (Lipinski definition) is 3. The molecular formula is C45H50N4OOs-2. The number of rotatable bonds is 6. The number of fused-ring (bicyclic) bond motifs is 8. The third-order valence-electron chi connectivity index (χ3n) is 10.3. The van der Waals surface area contributed by atoms with Crippen LogP contribution in [0.1, 0.15) is 74.4 Å². The molecule has 8 bridgehead atoms. The van der Waals surface area contributed by atoms with Crippen molar-refractivity contribution in [2.45, 2.75) is 77.6 Å². The Morgan fingerprint density at radius 1 is 0.765 bits per heavy atom. The third kappa shape index (κ3) is 7.59. The molecule has 2 aliphatic heterocycles. The van der Waals surface area contributed by atoms with Gasteiger partial charge in [-0.05, 0) is 85.7 Å². The summed E-state index contributed by atoms with van der Waals surface area (Å²) in [4.78, 5) is 18.1. The van der Waals surface area contributed by atoms with Crippen LogP contribution in [-0.4, -0.2) is 31.6 Å². The molecule has 266 valence electrons. The van der Waals surface area contributed by atoms with Gasteiger partial charge in [0, 0.05) is 68.4 Å². The van der Waals surface area contributed by atoms with E-state index in [1.54, 1.807) is 18.1 Å². The quantitative estimate of drug-likeness (QED) is 0.167. The fraction of sp³-hybridized carbons (Fsp3) is 0.311. The fourth-order valence-corrected chi connectivity index (χ4v) is 7.35. The first-order chi connectivity index (χ1) is 24.0. The van der Waals surface area contributed by atoms with Crippen molar-refractivity contribution in [1.29, 1.82) is 0 Å². The first kappa shape index (κ1) is 36.7. The number of hydrogen-bond donors (Lipinski definition) is 2. The van der Waals surface area contributed by atoms with Gasteiger partial charge in [-0.1, -0.05) is 81.8 Å². The van der Waals surface area contributed by atoms with E-state index in [0.717, 1.165) is 80.5 Å². The summed E-state index contributed by atoms with van der Waals surface area (Å²) in [6.45, 7) is 15.6. The van der Waals surface area contributed by atoms with Gasteiger partial charge in [0.15, 0.2) is 5.75 Å². The number of nitrogens with one attached hydrogen (secondary N) is 2. The van der Waals surface area contributed by atoms with Gasteiger partial charge >= 0.3 is 23.2 Å². The SMILES string of the molecule is [CH2-]COc1c2nc(cc3[nH]c(cc4nc(cc5[nH]c1cc5-c1ccc(C)cc1)C(C)(C)C4)cc3-c1ccc(CC3CC3)cc1)C(C)(C)C2.[CH2]=[Os].[CH3-]. The number of aromatic nitrogens is 4. The van der Waals surface area contributed by atoms with Crippen molar-refractivity contribution < 1.29 is 22.9 Å². The number of ether oxygens (including phenoxy) is 1. The van der Waals surface area contributed by atoms with Crippen LogP contribution >= 0.6 is 0 Å². The molecule has 0 atom stereocenters. The molecule has 51 heavy (non-hydrogen) atoms. The zero-order chi connectivity index (χ0) is 35.2. The Hall–Kier alpha value is -4.13. The normalized spacial score (nSPS) is 15.7. The number of H-pyrrole nitrogens is 2. The molecule has 0 unspecified atom stereocenters. The summed E-state index contributed by atoms with van der Waals surface area (Å²) in [6, 6.07) is 29.1. The van der Waals surface area contributed by atoms with Crippen molar-refractivity contribution in [3.63, 3.8) is 0 Å². The first-order valence-corrected chi connectivity index (χ1v) is 19.5. The monoisotopic (exact) mass is 854 g/mol. The fourth-order valence-electron chi connectivity index (χ4n) is 7.35. The van der Waals surface area contributed by atoms with Gasteiger partial charge in [0.2, 0.25) is 0 Å². The summed E-state index contributed by atoms with van der Waals surface area (Å²) in [5, 5.41) is 3.28. The van der Waals surface area contributed by atoms with E-state index in [-0.39, 0.29) is 18.3 Å². The number of aromatic amines is 2. The summed E-state index contributed by atoms with van der Waals surface area (Å²) in [5.41, 5.74) is 15.1. The summed E-state index contributed by atoms with van der Waals surface area (Å²) in [6.07, 6.45) is 5.53. The van der Waals surface area contributed by atoms with Crippen LogP contribution < -0.4 is 4.74 Å². The number of aryl methyl sites for hydroxylation is 1. The standard InChI is InChI=1S/C43H45N4O.CH3.CH2.Os/c1-7-48-41-37-21-34(29-14-8-26(2)9-15-29)36(46-37)23-39-42(3,4)24-32(45-39)19-31-20-33(30-16-12-28(13-17-30)18-27-10-11-27)35(44-31)22-40-43(5,6)25-38(41)47-40;;;/h8-9,12-17,19-23,27,44,46H,1,7,10-11,18,24-25H2,2-6H3;1H3;1H2;/q2*-1;;. The second-order valence-corrected chi connectivity index (χ2v) is 15.4. The zero-order valence-corrected chi connectivity index (χ0v) is 33.4. The molecule has 0 amide bonds. The Morgan fingerprint density at radius 3 is 2.00 bits per heavy atom. The molecule has 1 saturated carbocycles. The Labute approximate surface area is 313 Å². The summed E-state index contributed by atoms with van der Waals surface area (Å²) in [5.74, 6) is 1.63. The van der Waals surface area contributed by atoms with Crippen molar-refractivity contribution in [2.75, 3.05) is 6.61 Å². The van der Waals surface area contributed by atoms with E-state index >= 15 is 0 Å². The van der Waals surface area contributed by atoms with Crippen molar-refractivity contribution in [2.24, 2.45) is 5.92 Å². The van der Waals surface area contributed by atoms with Gasteiger partial charge < -0.3 is 29.1 Å². The van der Waals surface area contributed by atoms with E-state index in [1.165, 1.54) is 41.5 Å². The number of benzene rings is 2. The molecule has 1 aliphatic carbocycles. The first-order valence-electron chi connectivity index (χ1n) is 17.7. The van der Waals surface area contributed by atoms with Crippen LogP contribution in [0.3, 0.4) is 0 Å². The van der Waals surface area contributed by atoms with Gasteiger partial charge in [0.05, 0.1) is 11.2 Å². The number of nitrogens with zero attached hydrogens (tertiary/aromatic N) is 2. The van der Waals surface area contributed by atoms with Crippen molar-refractivity contribution in [3.05, 3.63) is 127 Å². The van der Waals surface area contributed by atoms with Gasteiger partial charge in [0.1, 0.15) is 0 Å². The topological polar surface area (TPSA) is 66.6 Å². The third-order valence-corrected chi connectivity index (χ3v) is 10.3. The summed E-state index contributed by atoms with van der Waals surface area (Å²) in [7, 11) is 0. The maximum Gasteiger partial charge on any atom is -0.358 e. The smallest absolute Gasteiger partial charge is 0.358 e. The molecule has 3 aliphatic rings. The van der Waals surface area contributed by atoms with Crippen molar-refractivity contribution in [3.8, 4) is 28.0 Å². The molecule has 2 aromatic carbocycles. The van der Waals surface area contributed by atoms with Gasteiger partial charge in [-0.3, -0.25) is 9.97 Å². The molecule has 0 radical (unpaired) electrons. The van der Waals surface area contributed by atoms with E-state index in [9.17, 15) is 0 Å². The minimum Gasteiger partial charge on any atom is -0.358 e. The average molecular weight is 853 g/mol. The molecule has 6 heteroatoms. The van der Waals surface area contributed by atoms with E-state index in [0.29, 0.717) is 6.61 Å². The molecule has 3 aromatic heterocycles. The Morgan fingerprint density at radius 2 is 1.35 bits per heavy atom. The molecule has 0 spiro atoms. The molecule has 8 rings (SSSR count). The van der Waals surface area contributed by atoms with Crippen LogP contribution in [0.25, 0.3) is 44.3 Å². The van der Waals surface area contributed by atoms with Gasteiger partial charge in [0.25, 0.3) is 0 Å². The van der Waals surface area contributed by atoms with E-state index in [2.05, 4.69) is 135 Å². The summed E-state index contributed by atoms with van der Waals surface area (Å²) >= 11 is 1.61. The molecule has 5 nitrogen and oxygen atoms in total. The largest absolute Gasteiger partial charge is 0.358 e. The summed E-state index contributed by atoms with van der Waals surface area (Å²) < 4.78 is 6.34. The maximum absolute atomic E-state index is 6.34. The molecule has 2 N–H and O–H groups in total. The minimum absolute atomic E-state index is 0. The average Bonchev–Trinajstić information content (AvgIpc) is 3.39. The van der Waals surface area contributed by atoms with Crippen molar-refractivity contribution in [1.82, 2.24) is 19.9 Å². The second-order valence-electron chi connectivity index (χ2n) is 15.4. The van der Waals surface area contributed by atoms with Crippen LogP contribution in [0, 0.1) is 27.2 Å². The zero-order valence-electron chi connectivity index (χ0n) is 30.9. The van der Waals surface area contributed by atoms with Crippen LogP contribution in [-0.2, 0) is 48.2 Å². The van der Waals surface area contributed by atoms with Crippen LogP contribution in [0.15, 0.2) is 78.9 Å². The maximum atomic E-state index is 6.34. The predicted octanol–water partition coefficient (Wildman–Crippen LogP) is 10.6. The van der Waals surface area contributed by atoms with Crippen LogP contribution in [0.5, 0.6) is 5.75 Å². The van der Waals surface area contributed by atoms with Gasteiger partial charge in [-0.15, -0.1) is 0 Å². The van der Waals surface area contributed by atoms with Gasteiger partial charge in [-0.2, -0.15) is 0 Å². The van der Waals surface area contributed by atoms with E-state index in [1.807, 2.05) is 0 Å². The van der Waals surface area contributed by atoms with Crippen LogP contribution in [0.4, 0.5) is 0 Å². The van der Waals surface area contributed by atoms with Gasteiger partial charge in [-0.25, -0.2) is 0 Å². The Bertz CT molecular complexity index is 2200. The second kappa shape index (κ2) is 14.5. The molecular weight excluding hydrogens is 803 g/mol. The molecule has 1 fully saturated rings. The molecule has 5 aromatic rings. The Kier molecular flexibility index (Phi) is 10.4. The predicted molar refractivity (Wildman–Crippen MR) is 211 cm³/mol. The Balaban J connectivity index is 0.00000147. The van der Waals surface area contributed by atoms with Crippen LogP contribution in [0.2, 0.25) is 0 Å². The molecule has 5 heterocycles. The minimum atomic E-state index is -0.191. The van der Waals surface area contributed by atoms with Crippen molar-refractivity contribution >= 4 is 27.1 Å². The van der Waals surface area contributed by atoms with E-state index in [4.69, 9.17) is 14.7 Å². The molecule has 0 saturated heterocycles.